The Labute approximate surface area is 158 Å². The van der Waals surface area contributed by atoms with Gasteiger partial charge in [-0.25, -0.2) is 4.98 Å². The third-order valence-corrected chi connectivity index (χ3v) is 3.86. The van der Waals surface area contributed by atoms with Crippen LogP contribution in [0.25, 0.3) is 0 Å². The molecule has 0 unspecified atom stereocenters. The lowest BCUT2D eigenvalue weighted by atomic mass is 10.3. The van der Waals surface area contributed by atoms with Crippen molar-refractivity contribution in [1.82, 2.24) is 15.3 Å². The zero-order chi connectivity index (χ0) is 18.9. The molecule has 1 aliphatic rings. The van der Waals surface area contributed by atoms with E-state index >= 15 is 0 Å². The lowest BCUT2D eigenvalue weighted by molar-refractivity contribution is 0.122. The van der Waals surface area contributed by atoms with E-state index in [9.17, 15) is 5.11 Å². The van der Waals surface area contributed by atoms with Crippen LogP contribution < -0.4 is 20.4 Å². The molecule has 0 amide bonds. The van der Waals surface area contributed by atoms with Crippen molar-refractivity contribution < 1.29 is 14.6 Å². The third kappa shape index (κ3) is 5.80. The Balaban J connectivity index is 1.73. The van der Waals surface area contributed by atoms with Crippen LogP contribution in [0, 0.1) is 0 Å². The SMILES string of the molecule is CNCCOc1cc(C=NNc2ccc(O)cc2)nc(N2CCOCC2)n1. The first kappa shape index (κ1) is 18.9. The number of hydrogen-bond donors (Lipinski definition) is 3. The molecule has 0 aliphatic carbocycles. The fourth-order valence-electron chi connectivity index (χ4n) is 2.44. The summed E-state index contributed by atoms with van der Waals surface area (Å²) in [4.78, 5) is 11.1. The minimum absolute atomic E-state index is 0.207. The van der Waals surface area contributed by atoms with Gasteiger partial charge in [0.1, 0.15) is 12.4 Å². The molecule has 1 aliphatic heterocycles. The van der Waals surface area contributed by atoms with Gasteiger partial charge in [-0.15, -0.1) is 0 Å². The fourth-order valence-corrected chi connectivity index (χ4v) is 2.44. The van der Waals surface area contributed by atoms with Gasteiger partial charge in [-0.2, -0.15) is 10.1 Å². The second kappa shape index (κ2) is 9.70. The van der Waals surface area contributed by atoms with E-state index < -0.39 is 0 Å². The Bertz CT molecular complexity index is 747. The molecule has 1 fully saturated rings. The molecule has 0 saturated carbocycles. The molecule has 0 bridgehead atoms. The van der Waals surface area contributed by atoms with Gasteiger partial charge in [-0.1, -0.05) is 0 Å². The molecule has 0 spiro atoms. The number of aromatic nitrogens is 2. The average Bonchev–Trinajstić information content (AvgIpc) is 2.70. The first-order chi connectivity index (χ1) is 13.2. The number of aromatic hydroxyl groups is 1. The first-order valence-electron chi connectivity index (χ1n) is 8.82. The monoisotopic (exact) mass is 372 g/mol. The normalized spacial score (nSPS) is 14.5. The maximum absolute atomic E-state index is 9.32. The zero-order valence-electron chi connectivity index (χ0n) is 15.3. The van der Waals surface area contributed by atoms with Crippen molar-refractivity contribution in [1.29, 1.82) is 0 Å². The molecule has 2 heterocycles. The number of nitrogens with one attached hydrogen (secondary N) is 2. The van der Waals surface area contributed by atoms with Gasteiger partial charge in [0.15, 0.2) is 0 Å². The lowest BCUT2D eigenvalue weighted by Gasteiger charge is -2.27. The number of morpholine rings is 1. The van der Waals surface area contributed by atoms with Crippen molar-refractivity contribution in [2.24, 2.45) is 5.10 Å². The highest BCUT2D eigenvalue weighted by Gasteiger charge is 2.16. The summed E-state index contributed by atoms with van der Waals surface area (Å²) >= 11 is 0. The van der Waals surface area contributed by atoms with E-state index in [1.807, 2.05) is 7.05 Å². The fraction of sp³-hybridized carbons (Fsp3) is 0.389. The maximum Gasteiger partial charge on any atom is 0.229 e. The third-order valence-electron chi connectivity index (χ3n) is 3.86. The van der Waals surface area contributed by atoms with Crippen molar-refractivity contribution in [3.63, 3.8) is 0 Å². The molecule has 2 aromatic rings. The maximum atomic E-state index is 9.32. The summed E-state index contributed by atoms with van der Waals surface area (Å²) in [5, 5.41) is 16.6. The number of likely N-dealkylation sites (N-methyl/N-ethyl adjacent to an activating group) is 1. The van der Waals surface area contributed by atoms with Crippen LogP contribution in [0.2, 0.25) is 0 Å². The number of nitrogens with zero attached hydrogens (tertiary/aromatic N) is 4. The predicted molar refractivity (Wildman–Crippen MR) is 104 cm³/mol. The first-order valence-corrected chi connectivity index (χ1v) is 8.82. The quantitative estimate of drug-likeness (QED) is 0.274. The summed E-state index contributed by atoms with van der Waals surface area (Å²) in [6, 6.07) is 8.40. The van der Waals surface area contributed by atoms with Gasteiger partial charge in [0, 0.05) is 25.7 Å². The number of hydrogen-bond acceptors (Lipinski definition) is 9. The average molecular weight is 372 g/mol. The van der Waals surface area contributed by atoms with Gasteiger partial charge >= 0.3 is 0 Å². The van der Waals surface area contributed by atoms with Crippen LogP contribution in [-0.4, -0.2) is 67.8 Å². The van der Waals surface area contributed by atoms with Gasteiger partial charge in [0.05, 0.1) is 30.8 Å². The second-order valence-electron chi connectivity index (χ2n) is 5.90. The minimum Gasteiger partial charge on any atom is -0.508 e. The van der Waals surface area contributed by atoms with Gasteiger partial charge in [0.25, 0.3) is 0 Å². The molecule has 27 heavy (non-hydrogen) atoms. The Kier molecular flexibility index (Phi) is 6.78. The van der Waals surface area contributed by atoms with E-state index in [1.165, 1.54) is 0 Å². The molecule has 3 rings (SSSR count). The molecule has 9 nitrogen and oxygen atoms in total. The lowest BCUT2D eigenvalue weighted by Crippen LogP contribution is -2.37. The molecule has 1 saturated heterocycles. The van der Waals surface area contributed by atoms with Crippen LogP contribution in [0.3, 0.4) is 0 Å². The van der Waals surface area contributed by atoms with Crippen molar-refractivity contribution in [2.45, 2.75) is 0 Å². The van der Waals surface area contributed by atoms with Gasteiger partial charge in [0.2, 0.25) is 11.8 Å². The summed E-state index contributed by atoms with van der Waals surface area (Å²) in [6.45, 7) is 4.02. The molecule has 0 atom stereocenters. The molecular weight excluding hydrogens is 348 g/mol. The molecule has 144 valence electrons. The highest BCUT2D eigenvalue weighted by Crippen LogP contribution is 2.17. The summed E-state index contributed by atoms with van der Waals surface area (Å²) < 4.78 is 11.1. The number of phenols is 1. The van der Waals surface area contributed by atoms with E-state index in [-0.39, 0.29) is 5.75 Å². The predicted octanol–water partition coefficient (Wildman–Crippen LogP) is 1.06. The van der Waals surface area contributed by atoms with Crippen LogP contribution >= 0.6 is 0 Å². The number of rotatable bonds is 8. The second-order valence-corrected chi connectivity index (χ2v) is 5.90. The summed E-state index contributed by atoms with van der Waals surface area (Å²) in [5.41, 5.74) is 4.30. The standard InChI is InChI=1S/C18H24N6O3/c1-19-6-9-27-17-12-15(13-20-23-14-2-4-16(25)5-3-14)21-18(22-17)24-7-10-26-11-8-24/h2-5,12-13,19,23,25H,6-11H2,1H3. The number of benzene rings is 1. The number of anilines is 2. The topological polar surface area (TPSA) is 104 Å². The molecule has 9 heteroatoms. The molecule has 0 radical (unpaired) electrons. The van der Waals surface area contributed by atoms with E-state index in [1.54, 1.807) is 36.5 Å². The molecule has 1 aromatic heterocycles. The van der Waals surface area contributed by atoms with E-state index in [2.05, 4.69) is 30.7 Å². The smallest absolute Gasteiger partial charge is 0.229 e. The number of ether oxygens (including phenoxy) is 2. The Morgan fingerprint density at radius 3 is 2.78 bits per heavy atom. The number of phenolic OH excluding ortho intramolecular Hbond substituents is 1. The van der Waals surface area contributed by atoms with Crippen LogP contribution in [-0.2, 0) is 4.74 Å². The van der Waals surface area contributed by atoms with Crippen molar-refractivity contribution >= 4 is 17.9 Å². The van der Waals surface area contributed by atoms with Crippen LogP contribution in [0.1, 0.15) is 5.69 Å². The van der Waals surface area contributed by atoms with Crippen molar-refractivity contribution in [3.05, 3.63) is 36.0 Å². The van der Waals surface area contributed by atoms with E-state index in [4.69, 9.17) is 9.47 Å². The van der Waals surface area contributed by atoms with Crippen LogP contribution in [0.5, 0.6) is 11.6 Å². The molecule has 1 aromatic carbocycles. The Hall–Kier alpha value is -2.91. The van der Waals surface area contributed by atoms with Crippen molar-refractivity contribution in [3.8, 4) is 11.6 Å². The van der Waals surface area contributed by atoms with Crippen molar-refractivity contribution in [2.75, 3.05) is 56.8 Å². The highest BCUT2D eigenvalue weighted by atomic mass is 16.5. The molecular formula is C18H24N6O3. The Morgan fingerprint density at radius 1 is 1.26 bits per heavy atom. The van der Waals surface area contributed by atoms with E-state index in [0.29, 0.717) is 37.3 Å². The largest absolute Gasteiger partial charge is 0.508 e. The van der Waals surface area contributed by atoms with Gasteiger partial charge in [-0.05, 0) is 31.3 Å². The zero-order valence-corrected chi connectivity index (χ0v) is 15.3. The minimum atomic E-state index is 0.207. The highest BCUT2D eigenvalue weighted by molar-refractivity contribution is 5.78. The van der Waals surface area contributed by atoms with Crippen LogP contribution in [0.15, 0.2) is 35.4 Å². The van der Waals surface area contributed by atoms with Crippen LogP contribution in [0.4, 0.5) is 11.6 Å². The summed E-state index contributed by atoms with van der Waals surface area (Å²) in [7, 11) is 1.87. The van der Waals surface area contributed by atoms with Gasteiger partial charge in [-0.3, -0.25) is 5.43 Å². The molecule has 3 N–H and O–H groups in total. The summed E-state index contributed by atoms with van der Waals surface area (Å²) in [6.07, 6.45) is 1.61. The summed E-state index contributed by atoms with van der Waals surface area (Å²) in [5.74, 6) is 1.32. The Morgan fingerprint density at radius 2 is 2.04 bits per heavy atom. The van der Waals surface area contributed by atoms with Gasteiger partial charge < -0.3 is 24.8 Å². The van der Waals surface area contributed by atoms with E-state index in [0.717, 1.165) is 25.3 Å². The number of hydrazone groups is 1.